The zero-order valence-corrected chi connectivity index (χ0v) is 13.3. The van der Waals surface area contributed by atoms with Crippen molar-refractivity contribution < 1.29 is 21.6 Å². The number of pyridine rings is 1. The van der Waals surface area contributed by atoms with Gasteiger partial charge >= 0.3 is 6.18 Å². The van der Waals surface area contributed by atoms with Gasteiger partial charge < -0.3 is 4.90 Å². The van der Waals surface area contributed by atoms with E-state index in [-0.39, 0.29) is 23.4 Å². The molecule has 1 aromatic rings. The van der Waals surface area contributed by atoms with E-state index in [1.807, 2.05) is 0 Å². The first-order valence-corrected chi connectivity index (χ1v) is 9.30. The summed E-state index contributed by atoms with van der Waals surface area (Å²) in [5, 5.41) is 0. The molecule has 0 aromatic carbocycles. The maximum atomic E-state index is 13.1. The van der Waals surface area contributed by atoms with Gasteiger partial charge in [0.25, 0.3) is 0 Å². The van der Waals surface area contributed by atoms with Crippen molar-refractivity contribution in [3.8, 4) is 0 Å². The molecule has 2 aliphatic heterocycles. The molecular formula is C14H18F3N3O2S. The molecule has 1 aromatic heterocycles. The molecule has 2 saturated heterocycles. The summed E-state index contributed by atoms with van der Waals surface area (Å²) in [4.78, 5) is 7.60. The van der Waals surface area contributed by atoms with Crippen molar-refractivity contribution in [2.24, 2.45) is 0 Å². The highest BCUT2D eigenvalue weighted by Gasteiger charge is 2.38. The van der Waals surface area contributed by atoms with Crippen LogP contribution >= 0.6 is 0 Å². The van der Waals surface area contributed by atoms with Crippen LogP contribution in [0.1, 0.15) is 12.0 Å². The zero-order valence-electron chi connectivity index (χ0n) is 12.5. The maximum absolute atomic E-state index is 13.1. The van der Waals surface area contributed by atoms with Gasteiger partial charge in [0.15, 0.2) is 9.84 Å². The molecule has 0 bridgehead atoms. The van der Waals surface area contributed by atoms with Crippen LogP contribution in [0, 0.1) is 0 Å². The van der Waals surface area contributed by atoms with Crippen molar-refractivity contribution in [3.05, 3.63) is 23.9 Å². The second-order valence-corrected chi connectivity index (χ2v) is 8.18. The van der Waals surface area contributed by atoms with Crippen molar-refractivity contribution in [1.29, 1.82) is 0 Å². The number of sulfone groups is 1. The maximum Gasteiger partial charge on any atom is 0.419 e. The number of nitrogens with zero attached hydrogens (tertiary/aromatic N) is 3. The summed E-state index contributed by atoms with van der Waals surface area (Å²) in [5.41, 5.74) is -0.725. The second kappa shape index (κ2) is 5.94. The Morgan fingerprint density at radius 2 is 1.87 bits per heavy atom. The Kier molecular flexibility index (Phi) is 4.26. The lowest BCUT2D eigenvalue weighted by Gasteiger charge is -2.38. The lowest BCUT2D eigenvalue weighted by Crippen LogP contribution is -2.51. The summed E-state index contributed by atoms with van der Waals surface area (Å²) < 4.78 is 62.3. The lowest BCUT2D eigenvalue weighted by molar-refractivity contribution is -0.137. The van der Waals surface area contributed by atoms with Crippen LogP contribution in [0.15, 0.2) is 18.3 Å². The van der Waals surface area contributed by atoms with Crippen molar-refractivity contribution in [1.82, 2.24) is 9.88 Å². The van der Waals surface area contributed by atoms with Gasteiger partial charge in [-0.2, -0.15) is 13.2 Å². The first-order valence-electron chi connectivity index (χ1n) is 7.48. The fraction of sp³-hybridized carbons (Fsp3) is 0.643. The molecule has 1 atom stereocenters. The monoisotopic (exact) mass is 349 g/mol. The Morgan fingerprint density at radius 1 is 1.17 bits per heavy atom. The molecule has 3 rings (SSSR count). The molecule has 2 fully saturated rings. The molecule has 0 amide bonds. The average molecular weight is 349 g/mol. The number of hydrogen-bond acceptors (Lipinski definition) is 5. The molecule has 128 valence electrons. The van der Waals surface area contributed by atoms with Crippen molar-refractivity contribution in [2.75, 3.05) is 42.6 Å². The molecule has 0 N–H and O–H groups in total. The highest BCUT2D eigenvalue weighted by atomic mass is 32.2. The van der Waals surface area contributed by atoms with E-state index in [2.05, 4.69) is 9.88 Å². The Morgan fingerprint density at radius 3 is 2.43 bits per heavy atom. The van der Waals surface area contributed by atoms with Crippen LogP contribution in [0.4, 0.5) is 19.0 Å². The third kappa shape index (κ3) is 3.60. The molecule has 0 saturated carbocycles. The average Bonchev–Trinajstić information content (AvgIpc) is 2.87. The Hall–Kier alpha value is -1.35. The van der Waals surface area contributed by atoms with Crippen LogP contribution in [0.25, 0.3) is 0 Å². The fourth-order valence-electron chi connectivity index (χ4n) is 3.23. The summed E-state index contributed by atoms with van der Waals surface area (Å²) >= 11 is 0. The van der Waals surface area contributed by atoms with Crippen LogP contribution in [-0.2, 0) is 16.0 Å². The van der Waals surface area contributed by atoms with Crippen LogP contribution in [0.2, 0.25) is 0 Å². The first-order chi connectivity index (χ1) is 10.8. The number of rotatable bonds is 2. The van der Waals surface area contributed by atoms with Crippen molar-refractivity contribution >= 4 is 15.7 Å². The number of aromatic nitrogens is 1. The number of hydrogen-bond donors (Lipinski definition) is 0. The van der Waals surface area contributed by atoms with Crippen LogP contribution in [-0.4, -0.2) is 62.0 Å². The van der Waals surface area contributed by atoms with E-state index in [4.69, 9.17) is 0 Å². The van der Waals surface area contributed by atoms with E-state index in [1.165, 1.54) is 12.3 Å². The minimum atomic E-state index is -4.43. The molecule has 9 heteroatoms. The SMILES string of the molecule is O=S1(=O)CCC(N2CCN(c3ncccc3C(F)(F)F)CC2)C1. The molecular weight excluding hydrogens is 331 g/mol. The Bertz CT molecular complexity index is 670. The summed E-state index contributed by atoms with van der Waals surface area (Å²) in [7, 11) is -2.95. The largest absolute Gasteiger partial charge is 0.419 e. The molecule has 5 nitrogen and oxygen atoms in total. The summed E-state index contributed by atoms with van der Waals surface area (Å²) in [6, 6.07) is 2.32. The minimum absolute atomic E-state index is 0.00651. The number of halogens is 3. The normalized spacial score (nSPS) is 25.7. The third-order valence-electron chi connectivity index (χ3n) is 4.43. The highest BCUT2D eigenvalue weighted by Crippen LogP contribution is 2.35. The Balaban J connectivity index is 1.68. The predicted molar refractivity (Wildman–Crippen MR) is 80.1 cm³/mol. The fourth-order valence-corrected chi connectivity index (χ4v) is 4.99. The number of anilines is 1. The van der Waals surface area contributed by atoms with E-state index in [0.717, 1.165) is 6.07 Å². The lowest BCUT2D eigenvalue weighted by atomic mass is 10.1. The third-order valence-corrected chi connectivity index (χ3v) is 6.18. The molecule has 1 unspecified atom stereocenters. The highest BCUT2D eigenvalue weighted by molar-refractivity contribution is 7.91. The first kappa shape index (κ1) is 16.5. The van der Waals surface area contributed by atoms with Crippen LogP contribution < -0.4 is 4.90 Å². The van der Waals surface area contributed by atoms with Gasteiger partial charge in [0.2, 0.25) is 0 Å². The quantitative estimate of drug-likeness (QED) is 0.808. The van der Waals surface area contributed by atoms with Gasteiger partial charge in [0.05, 0.1) is 17.1 Å². The zero-order chi connectivity index (χ0) is 16.7. The molecule has 0 spiro atoms. The van der Waals surface area contributed by atoms with Gasteiger partial charge in [-0.25, -0.2) is 13.4 Å². The molecule has 0 radical (unpaired) electrons. The predicted octanol–water partition coefficient (Wildman–Crippen LogP) is 1.41. The molecule has 23 heavy (non-hydrogen) atoms. The van der Waals surface area contributed by atoms with Crippen molar-refractivity contribution in [2.45, 2.75) is 18.6 Å². The minimum Gasteiger partial charge on any atom is -0.354 e. The van der Waals surface area contributed by atoms with Crippen molar-refractivity contribution in [3.63, 3.8) is 0 Å². The number of alkyl halides is 3. The summed E-state index contributed by atoms with van der Waals surface area (Å²) in [6.07, 6.45) is -2.46. The smallest absolute Gasteiger partial charge is 0.354 e. The summed E-state index contributed by atoms with van der Waals surface area (Å²) in [5.74, 6) is 0.319. The van der Waals surface area contributed by atoms with E-state index >= 15 is 0 Å². The molecule has 3 heterocycles. The topological polar surface area (TPSA) is 53.5 Å². The molecule has 0 aliphatic carbocycles. The molecule has 2 aliphatic rings. The standard InChI is InChI=1S/C14H18F3N3O2S/c15-14(16,17)12-2-1-4-18-13(12)20-7-5-19(6-8-20)11-3-9-23(21,22)10-11/h1-2,4,11H,3,5-10H2. The Labute approximate surface area is 133 Å². The van der Waals surface area contributed by atoms with Crippen LogP contribution in [0.5, 0.6) is 0 Å². The summed E-state index contributed by atoms with van der Waals surface area (Å²) in [6.45, 7) is 1.93. The van der Waals surface area contributed by atoms with Gasteiger partial charge in [-0.3, -0.25) is 4.90 Å². The van der Waals surface area contributed by atoms with E-state index in [0.29, 0.717) is 32.6 Å². The van der Waals surface area contributed by atoms with E-state index < -0.39 is 21.6 Å². The van der Waals surface area contributed by atoms with Gasteiger partial charge in [0.1, 0.15) is 5.82 Å². The number of piperazine rings is 1. The van der Waals surface area contributed by atoms with Gasteiger partial charge in [-0.15, -0.1) is 0 Å². The van der Waals surface area contributed by atoms with Gasteiger partial charge in [-0.05, 0) is 18.6 Å². The van der Waals surface area contributed by atoms with E-state index in [9.17, 15) is 21.6 Å². The van der Waals surface area contributed by atoms with Gasteiger partial charge in [-0.1, -0.05) is 0 Å². The van der Waals surface area contributed by atoms with Crippen LogP contribution in [0.3, 0.4) is 0 Å². The second-order valence-electron chi connectivity index (χ2n) is 5.95. The van der Waals surface area contributed by atoms with E-state index in [1.54, 1.807) is 4.90 Å². The van der Waals surface area contributed by atoms with Gasteiger partial charge in [0, 0.05) is 38.4 Å².